The summed E-state index contributed by atoms with van der Waals surface area (Å²) in [6.07, 6.45) is 9.18. The third-order valence-electron chi connectivity index (χ3n) is 5.25. The van der Waals surface area contributed by atoms with Gasteiger partial charge >= 0.3 is 0 Å². The Balaban J connectivity index is 1.41. The van der Waals surface area contributed by atoms with Gasteiger partial charge in [-0.15, -0.1) is 10.2 Å². The first-order chi connectivity index (χ1) is 12.0. The number of rotatable bonds is 4. The zero-order chi connectivity index (χ0) is 17.4. The summed E-state index contributed by atoms with van der Waals surface area (Å²) in [6, 6.07) is 6.84. The van der Waals surface area contributed by atoms with E-state index < -0.39 is 0 Å². The highest BCUT2D eigenvalue weighted by Crippen LogP contribution is 2.52. The van der Waals surface area contributed by atoms with E-state index in [1.54, 1.807) is 24.3 Å². The topological polar surface area (TPSA) is 88.9 Å². The molecule has 1 saturated carbocycles. The summed E-state index contributed by atoms with van der Waals surface area (Å²) in [5.41, 5.74) is 3.46. The fourth-order valence-electron chi connectivity index (χ4n) is 3.77. The lowest BCUT2D eigenvalue weighted by Gasteiger charge is -2.29. The van der Waals surface area contributed by atoms with Crippen molar-refractivity contribution < 1.29 is 9.59 Å². The van der Waals surface area contributed by atoms with Crippen LogP contribution in [0.5, 0.6) is 0 Å². The van der Waals surface area contributed by atoms with Crippen LogP contribution in [0.15, 0.2) is 49.1 Å². The molecule has 2 aromatic rings. The third-order valence-corrected chi connectivity index (χ3v) is 5.25. The number of benzene rings is 1. The normalized spacial score (nSPS) is 26.6. The van der Waals surface area contributed by atoms with E-state index in [2.05, 4.69) is 33.1 Å². The van der Waals surface area contributed by atoms with E-state index in [0.717, 1.165) is 12.8 Å². The first-order valence-electron chi connectivity index (χ1n) is 8.30. The lowest BCUT2D eigenvalue weighted by atomic mass is 9.77. The first kappa shape index (κ1) is 15.6. The highest BCUT2D eigenvalue weighted by molar-refractivity contribution is 6.01. The van der Waals surface area contributed by atoms with Gasteiger partial charge in [0, 0.05) is 11.3 Å². The van der Waals surface area contributed by atoms with E-state index in [4.69, 9.17) is 0 Å². The Morgan fingerprint density at radius 1 is 1.16 bits per heavy atom. The molecule has 2 amide bonds. The Morgan fingerprint density at radius 3 is 2.48 bits per heavy atom. The van der Waals surface area contributed by atoms with Gasteiger partial charge in [0.1, 0.15) is 12.7 Å². The number of anilines is 1. The van der Waals surface area contributed by atoms with Crippen LogP contribution in [-0.2, 0) is 4.79 Å². The number of hydrogen-bond acceptors (Lipinski definition) is 4. The first-order valence-corrected chi connectivity index (χ1v) is 8.30. The molecule has 4 rings (SSSR count). The zero-order valence-corrected chi connectivity index (χ0v) is 13.8. The van der Waals surface area contributed by atoms with E-state index in [0.29, 0.717) is 23.1 Å². The maximum Gasteiger partial charge on any atom is 0.270 e. The molecular weight excluding hydrogens is 318 g/mol. The molecular formula is C18H19N5O2. The van der Waals surface area contributed by atoms with Crippen LogP contribution in [0, 0.1) is 17.3 Å². The summed E-state index contributed by atoms with van der Waals surface area (Å²) in [6.45, 7) is 2.04. The van der Waals surface area contributed by atoms with Crippen LogP contribution in [-0.4, -0.2) is 26.7 Å². The van der Waals surface area contributed by atoms with E-state index in [1.807, 2.05) is 6.92 Å². The molecule has 1 aromatic carbocycles. The number of carbonyl (C=O) groups excluding carboxylic acids is 2. The summed E-state index contributed by atoms with van der Waals surface area (Å²) in [7, 11) is 0. The number of aromatic nitrogens is 3. The molecule has 0 spiro atoms. The maximum absolute atomic E-state index is 12.7. The predicted octanol–water partition coefficient (Wildman–Crippen LogP) is 2.20. The van der Waals surface area contributed by atoms with Crippen molar-refractivity contribution in [2.75, 3.05) is 10.7 Å². The minimum atomic E-state index is -0.343. The Bertz CT molecular complexity index is 828. The fraction of sp³-hybridized carbons (Fsp3) is 0.333. The molecule has 1 heterocycles. The summed E-state index contributed by atoms with van der Waals surface area (Å²) >= 11 is 0. The molecule has 2 aliphatic rings. The standard InChI is InChI=1S/C18H19N5O2/c1-18(9-12-2-5-14(18)8-12)17(25)21-15-6-3-13(4-7-15)16(24)22-23-10-19-20-11-23/h2-7,10-12,14H,8-9H2,1H3,(H,21,25)(H,22,24). The molecule has 0 radical (unpaired) electrons. The zero-order valence-electron chi connectivity index (χ0n) is 13.8. The van der Waals surface area contributed by atoms with Gasteiger partial charge in [0.05, 0.1) is 5.41 Å². The smallest absolute Gasteiger partial charge is 0.270 e. The van der Waals surface area contributed by atoms with Gasteiger partial charge in [0.15, 0.2) is 0 Å². The molecule has 25 heavy (non-hydrogen) atoms. The van der Waals surface area contributed by atoms with Crippen LogP contribution >= 0.6 is 0 Å². The van der Waals surface area contributed by atoms with E-state index in [1.165, 1.54) is 17.3 Å². The largest absolute Gasteiger partial charge is 0.326 e. The Morgan fingerprint density at radius 2 is 1.88 bits per heavy atom. The van der Waals surface area contributed by atoms with Gasteiger partial charge in [-0.1, -0.05) is 19.1 Å². The van der Waals surface area contributed by atoms with E-state index in [9.17, 15) is 9.59 Å². The molecule has 7 nitrogen and oxygen atoms in total. The van der Waals surface area contributed by atoms with Crippen LogP contribution in [0.3, 0.4) is 0 Å². The number of allylic oxidation sites excluding steroid dienone is 2. The third kappa shape index (κ3) is 2.82. The van der Waals surface area contributed by atoms with Crippen molar-refractivity contribution >= 4 is 17.5 Å². The molecule has 0 aliphatic heterocycles. The Hall–Kier alpha value is -2.96. The van der Waals surface area contributed by atoms with Crippen molar-refractivity contribution in [2.45, 2.75) is 19.8 Å². The van der Waals surface area contributed by atoms with Crippen molar-refractivity contribution in [3.63, 3.8) is 0 Å². The highest BCUT2D eigenvalue weighted by atomic mass is 16.2. The highest BCUT2D eigenvalue weighted by Gasteiger charge is 2.49. The number of nitrogens with one attached hydrogen (secondary N) is 2. The summed E-state index contributed by atoms with van der Waals surface area (Å²) in [5.74, 6) is 0.629. The average molecular weight is 337 g/mol. The van der Waals surface area contributed by atoms with Crippen molar-refractivity contribution in [2.24, 2.45) is 17.3 Å². The minimum Gasteiger partial charge on any atom is -0.326 e. The van der Waals surface area contributed by atoms with Gasteiger partial charge in [0.25, 0.3) is 5.91 Å². The molecule has 7 heteroatoms. The van der Waals surface area contributed by atoms with Crippen LogP contribution in [0.4, 0.5) is 5.69 Å². The van der Waals surface area contributed by atoms with Gasteiger partial charge in [-0.25, -0.2) is 4.68 Å². The van der Waals surface area contributed by atoms with Gasteiger partial charge in [0.2, 0.25) is 5.91 Å². The van der Waals surface area contributed by atoms with Crippen LogP contribution < -0.4 is 10.7 Å². The van der Waals surface area contributed by atoms with Crippen LogP contribution in [0.25, 0.3) is 0 Å². The second kappa shape index (κ2) is 5.84. The van der Waals surface area contributed by atoms with E-state index >= 15 is 0 Å². The monoisotopic (exact) mass is 337 g/mol. The summed E-state index contributed by atoms with van der Waals surface area (Å²) in [4.78, 5) is 24.8. The fourth-order valence-corrected chi connectivity index (χ4v) is 3.77. The Labute approximate surface area is 145 Å². The number of nitrogens with zero attached hydrogens (tertiary/aromatic N) is 3. The average Bonchev–Trinajstić information content (AvgIpc) is 3.33. The number of carbonyl (C=O) groups is 2. The number of hydrogen-bond donors (Lipinski definition) is 2. The molecule has 1 fully saturated rings. The van der Waals surface area contributed by atoms with E-state index in [-0.39, 0.29) is 17.2 Å². The summed E-state index contributed by atoms with van der Waals surface area (Å²) in [5, 5.41) is 10.2. The molecule has 3 atom stereocenters. The van der Waals surface area contributed by atoms with Gasteiger partial charge in [-0.2, -0.15) is 0 Å². The van der Waals surface area contributed by atoms with Crippen LogP contribution in [0.2, 0.25) is 0 Å². The molecule has 0 saturated heterocycles. The molecule has 3 unspecified atom stereocenters. The van der Waals surface area contributed by atoms with Crippen LogP contribution in [0.1, 0.15) is 30.1 Å². The predicted molar refractivity (Wildman–Crippen MR) is 92.2 cm³/mol. The number of fused-ring (bicyclic) bond motifs is 2. The lowest BCUT2D eigenvalue weighted by molar-refractivity contribution is -0.126. The maximum atomic E-state index is 12.7. The molecule has 1 aromatic heterocycles. The minimum absolute atomic E-state index is 0.0473. The summed E-state index contributed by atoms with van der Waals surface area (Å²) < 4.78 is 1.38. The van der Waals surface area contributed by atoms with Gasteiger partial charge in [-0.3, -0.25) is 15.0 Å². The lowest BCUT2D eigenvalue weighted by Crippen LogP contribution is -2.36. The molecule has 2 aliphatic carbocycles. The van der Waals surface area contributed by atoms with Crippen molar-refractivity contribution in [1.82, 2.24) is 14.9 Å². The van der Waals surface area contributed by atoms with Crippen molar-refractivity contribution in [3.05, 3.63) is 54.6 Å². The molecule has 2 N–H and O–H groups in total. The molecule has 2 bridgehead atoms. The SMILES string of the molecule is CC1(C(=O)Nc2ccc(C(=O)Nn3cnnc3)cc2)CC2C=CC1C2. The second-order valence-corrected chi connectivity index (χ2v) is 6.95. The molecule has 128 valence electrons. The second-order valence-electron chi connectivity index (χ2n) is 6.95. The quantitative estimate of drug-likeness (QED) is 0.837. The number of amides is 2. The van der Waals surface area contributed by atoms with Crippen molar-refractivity contribution in [1.29, 1.82) is 0 Å². The van der Waals surface area contributed by atoms with Gasteiger partial charge in [-0.05, 0) is 48.9 Å². The van der Waals surface area contributed by atoms with Gasteiger partial charge < -0.3 is 5.32 Å². The Kier molecular flexibility index (Phi) is 3.63. The van der Waals surface area contributed by atoms with Crippen molar-refractivity contribution in [3.8, 4) is 0 Å².